The van der Waals surface area contributed by atoms with Crippen molar-refractivity contribution in [2.75, 3.05) is 30.5 Å². The fourth-order valence-electron chi connectivity index (χ4n) is 1.40. The van der Waals surface area contributed by atoms with Crippen LogP contribution < -0.4 is 10.1 Å². The minimum atomic E-state index is -2.90. The number of sulfone groups is 1. The third kappa shape index (κ3) is 5.81. The van der Waals surface area contributed by atoms with Gasteiger partial charge in [-0.2, -0.15) is 4.98 Å². The molecule has 0 aromatic carbocycles. The van der Waals surface area contributed by atoms with Crippen molar-refractivity contribution < 1.29 is 13.2 Å². The first kappa shape index (κ1) is 14.7. The van der Waals surface area contributed by atoms with E-state index in [2.05, 4.69) is 15.3 Å². The maximum Gasteiger partial charge on any atom is 0.218 e. The van der Waals surface area contributed by atoms with Crippen LogP contribution in [-0.4, -0.2) is 43.5 Å². The Morgan fingerprint density at radius 3 is 2.72 bits per heavy atom. The maximum absolute atomic E-state index is 11.0. The number of aromatic nitrogens is 2. The SMILES string of the molecule is CCOc1cc(NCCCS(C)(=O)=O)nc(C)n1. The Morgan fingerprint density at radius 2 is 2.11 bits per heavy atom. The number of hydrogen-bond acceptors (Lipinski definition) is 6. The van der Waals surface area contributed by atoms with Gasteiger partial charge in [0, 0.05) is 18.9 Å². The predicted molar refractivity (Wildman–Crippen MR) is 70.8 cm³/mol. The van der Waals surface area contributed by atoms with Crippen molar-refractivity contribution in [1.29, 1.82) is 0 Å². The van der Waals surface area contributed by atoms with Gasteiger partial charge in [-0.05, 0) is 20.3 Å². The van der Waals surface area contributed by atoms with E-state index in [0.29, 0.717) is 37.1 Å². The van der Waals surface area contributed by atoms with Crippen molar-refractivity contribution in [3.05, 3.63) is 11.9 Å². The molecule has 0 aliphatic heterocycles. The molecule has 0 spiro atoms. The quantitative estimate of drug-likeness (QED) is 0.747. The number of hydrogen-bond donors (Lipinski definition) is 1. The summed E-state index contributed by atoms with van der Waals surface area (Å²) < 4.78 is 27.2. The van der Waals surface area contributed by atoms with Crippen LogP contribution in [0.1, 0.15) is 19.2 Å². The summed E-state index contributed by atoms with van der Waals surface area (Å²) in [6.45, 7) is 4.76. The van der Waals surface area contributed by atoms with Gasteiger partial charge in [0.05, 0.1) is 12.4 Å². The molecule has 102 valence electrons. The van der Waals surface area contributed by atoms with E-state index in [1.807, 2.05) is 6.92 Å². The van der Waals surface area contributed by atoms with Gasteiger partial charge in [0.1, 0.15) is 21.5 Å². The van der Waals surface area contributed by atoms with Crippen molar-refractivity contribution in [3.63, 3.8) is 0 Å². The van der Waals surface area contributed by atoms with E-state index in [4.69, 9.17) is 4.74 Å². The van der Waals surface area contributed by atoms with E-state index >= 15 is 0 Å². The molecule has 0 amide bonds. The molecule has 1 aromatic rings. The van der Waals surface area contributed by atoms with Gasteiger partial charge in [0.15, 0.2) is 0 Å². The van der Waals surface area contributed by atoms with Crippen molar-refractivity contribution in [1.82, 2.24) is 9.97 Å². The van der Waals surface area contributed by atoms with Crippen LogP contribution in [0.5, 0.6) is 5.88 Å². The molecule has 0 unspecified atom stereocenters. The van der Waals surface area contributed by atoms with E-state index in [-0.39, 0.29) is 5.75 Å². The molecule has 0 bridgehead atoms. The van der Waals surface area contributed by atoms with E-state index in [1.165, 1.54) is 6.26 Å². The standard InChI is InChI=1S/C11H19N3O3S/c1-4-17-11-8-10(13-9(2)14-11)12-6-5-7-18(3,15)16/h8H,4-7H2,1-3H3,(H,12,13,14). The highest BCUT2D eigenvalue weighted by Crippen LogP contribution is 2.13. The Labute approximate surface area is 108 Å². The van der Waals surface area contributed by atoms with Gasteiger partial charge in [-0.25, -0.2) is 13.4 Å². The molecule has 0 fully saturated rings. The van der Waals surface area contributed by atoms with Crippen LogP contribution in [0.3, 0.4) is 0 Å². The number of nitrogens with one attached hydrogen (secondary N) is 1. The lowest BCUT2D eigenvalue weighted by molar-refractivity contribution is 0.325. The third-order valence-corrected chi connectivity index (χ3v) is 3.13. The van der Waals surface area contributed by atoms with Crippen molar-refractivity contribution >= 4 is 15.7 Å². The summed E-state index contributed by atoms with van der Waals surface area (Å²) >= 11 is 0. The van der Waals surface area contributed by atoms with Crippen molar-refractivity contribution in [2.45, 2.75) is 20.3 Å². The highest BCUT2D eigenvalue weighted by atomic mass is 32.2. The zero-order valence-electron chi connectivity index (χ0n) is 10.9. The van der Waals surface area contributed by atoms with Gasteiger partial charge in [0.25, 0.3) is 0 Å². The molecule has 1 aromatic heterocycles. The van der Waals surface area contributed by atoms with Crippen LogP contribution in [0.2, 0.25) is 0 Å². The molecule has 0 saturated carbocycles. The van der Waals surface area contributed by atoms with Crippen LogP contribution in [0.4, 0.5) is 5.82 Å². The molecule has 18 heavy (non-hydrogen) atoms. The lowest BCUT2D eigenvalue weighted by Crippen LogP contribution is -2.11. The van der Waals surface area contributed by atoms with Crippen LogP contribution in [0.15, 0.2) is 6.07 Å². The fourth-order valence-corrected chi connectivity index (χ4v) is 2.07. The van der Waals surface area contributed by atoms with E-state index in [9.17, 15) is 8.42 Å². The summed E-state index contributed by atoms with van der Waals surface area (Å²) in [5.41, 5.74) is 0. The third-order valence-electron chi connectivity index (χ3n) is 2.10. The van der Waals surface area contributed by atoms with E-state index in [1.54, 1.807) is 13.0 Å². The summed E-state index contributed by atoms with van der Waals surface area (Å²) in [5.74, 6) is 1.96. The molecule has 1 heterocycles. The molecular formula is C11H19N3O3S. The number of aryl methyl sites for hydroxylation is 1. The van der Waals surface area contributed by atoms with Gasteiger partial charge in [-0.3, -0.25) is 0 Å². The largest absolute Gasteiger partial charge is 0.478 e. The molecule has 0 atom stereocenters. The second-order valence-electron chi connectivity index (χ2n) is 3.98. The first-order valence-electron chi connectivity index (χ1n) is 5.81. The Hall–Kier alpha value is -1.37. The molecule has 0 radical (unpaired) electrons. The molecule has 7 heteroatoms. The molecule has 0 aliphatic carbocycles. The van der Waals surface area contributed by atoms with E-state index < -0.39 is 9.84 Å². The Bertz CT molecular complexity index is 488. The lowest BCUT2D eigenvalue weighted by atomic mass is 10.4. The minimum Gasteiger partial charge on any atom is -0.478 e. The average molecular weight is 273 g/mol. The van der Waals surface area contributed by atoms with E-state index in [0.717, 1.165) is 0 Å². The minimum absolute atomic E-state index is 0.169. The molecule has 0 saturated heterocycles. The lowest BCUT2D eigenvalue weighted by Gasteiger charge is -2.08. The topological polar surface area (TPSA) is 81.2 Å². The van der Waals surface area contributed by atoms with Gasteiger partial charge in [-0.15, -0.1) is 0 Å². The second kappa shape index (κ2) is 6.53. The smallest absolute Gasteiger partial charge is 0.218 e. The fraction of sp³-hybridized carbons (Fsp3) is 0.636. The van der Waals surface area contributed by atoms with Crippen LogP contribution in [0, 0.1) is 6.92 Å². The monoisotopic (exact) mass is 273 g/mol. The van der Waals surface area contributed by atoms with Crippen molar-refractivity contribution in [3.8, 4) is 5.88 Å². The zero-order valence-corrected chi connectivity index (χ0v) is 11.7. The van der Waals surface area contributed by atoms with Gasteiger partial charge < -0.3 is 10.1 Å². The number of nitrogens with zero attached hydrogens (tertiary/aromatic N) is 2. The Morgan fingerprint density at radius 1 is 1.39 bits per heavy atom. The summed E-state index contributed by atoms with van der Waals surface area (Å²) in [5, 5.41) is 3.06. The summed E-state index contributed by atoms with van der Waals surface area (Å²) in [6, 6.07) is 1.71. The number of ether oxygens (including phenoxy) is 1. The molecule has 0 aliphatic rings. The first-order chi connectivity index (χ1) is 8.40. The molecule has 1 rings (SSSR count). The summed E-state index contributed by atoms with van der Waals surface area (Å²) in [4.78, 5) is 8.32. The van der Waals surface area contributed by atoms with Gasteiger partial charge in [0.2, 0.25) is 5.88 Å². The molecular weight excluding hydrogens is 254 g/mol. The second-order valence-corrected chi connectivity index (χ2v) is 6.24. The van der Waals surface area contributed by atoms with Crippen LogP contribution in [-0.2, 0) is 9.84 Å². The van der Waals surface area contributed by atoms with Crippen LogP contribution in [0.25, 0.3) is 0 Å². The first-order valence-corrected chi connectivity index (χ1v) is 7.87. The maximum atomic E-state index is 11.0. The Kier molecular flexibility index (Phi) is 5.33. The normalized spacial score (nSPS) is 11.3. The average Bonchev–Trinajstić information content (AvgIpc) is 2.23. The van der Waals surface area contributed by atoms with Crippen molar-refractivity contribution in [2.24, 2.45) is 0 Å². The summed E-state index contributed by atoms with van der Waals surface area (Å²) in [6.07, 6.45) is 1.78. The summed E-state index contributed by atoms with van der Waals surface area (Å²) in [7, 11) is -2.90. The number of rotatable bonds is 7. The Balaban J connectivity index is 2.51. The molecule has 6 nitrogen and oxygen atoms in total. The number of anilines is 1. The zero-order chi connectivity index (χ0) is 13.6. The van der Waals surface area contributed by atoms with Gasteiger partial charge in [-0.1, -0.05) is 0 Å². The highest BCUT2D eigenvalue weighted by molar-refractivity contribution is 7.90. The van der Waals surface area contributed by atoms with Crippen LogP contribution >= 0.6 is 0 Å². The van der Waals surface area contributed by atoms with Gasteiger partial charge >= 0.3 is 0 Å². The predicted octanol–water partition coefficient (Wildman–Crippen LogP) is 1.03. The highest BCUT2D eigenvalue weighted by Gasteiger charge is 2.04. The molecule has 1 N–H and O–H groups in total.